The molecular weight excluding hydrogens is 1230 g/mol. The smallest absolute Gasteiger partial charge is 0.462 e. The lowest BCUT2D eigenvalue weighted by Gasteiger charge is -2.21. The van der Waals surface area contributed by atoms with Crippen LogP contribution in [-0.2, 0) is 65.4 Å². The van der Waals surface area contributed by atoms with E-state index in [1.165, 1.54) is 205 Å². The van der Waals surface area contributed by atoms with E-state index in [4.69, 9.17) is 37.0 Å². The molecule has 3 unspecified atom stereocenters. The van der Waals surface area contributed by atoms with E-state index >= 15 is 0 Å². The van der Waals surface area contributed by atoms with Gasteiger partial charge in [0.15, 0.2) is 12.2 Å². The van der Waals surface area contributed by atoms with Crippen LogP contribution < -0.4 is 0 Å². The van der Waals surface area contributed by atoms with Crippen molar-refractivity contribution in [1.82, 2.24) is 0 Å². The molecule has 94 heavy (non-hydrogen) atoms. The molecule has 0 aliphatic carbocycles. The number of carbonyl (C=O) groups is 4. The Balaban J connectivity index is 5.23. The van der Waals surface area contributed by atoms with Crippen molar-refractivity contribution in [2.75, 3.05) is 39.6 Å². The summed E-state index contributed by atoms with van der Waals surface area (Å²) in [6.07, 6.45) is 54.1. The molecule has 0 fully saturated rings. The molecule has 0 rings (SSSR count). The average Bonchev–Trinajstić information content (AvgIpc) is 2.01. The maximum atomic E-state index is 13.1. The van der Waals surface area contributed by atoms with Gasteiger partial charge >= 0.3 is 39.5 Å². The van der Waals surface area contributed by atoms with Crippen molar-refractivity contribution in [2.24, 2.45) is 11.8 Å². The quantitative estimate of drug-likeness (QED) is 0.0222. The molecular formula is C75H146O17P2. The van der Waals surface area contributed by atoms with E-state index in [1.54, 1.807) is 0 Å². The van der Waals surface area contributed by atoms with Crippen molar-refractivity contribution in [2.45, 2.75) is 407 Å². The normalized spacial score (nSPS) is 14.3. The molecule has 0 aromatic carbocycles. The second-order valence-electron chi connectivity index (χ2n) is 27.8. The molecule has 3 N–H and O–H groups in total. The number of esters is 4. The summed E-state index contributed by atoms with van der Waals surface area (Å²) < 4.78 is 68.5. The van der Waals surface area contributed by atoms with Crippen LogP contribution in [0.1, 0.15) is 388 Å². The molecule has 0 saturated heterocycles. The third kappa shape index (κ3) is 67.3. The zero-order valence-electron chi connectivity index (χ0n) is 61.3. The summed E-state index contributed by atoms with van der Waals surface area (Å²) >= 11 is 0. The second kappa shape index (κ2) is 66.9. The molecule has 0 saturated carbocycles. The van der Waals surface area contributed by atoms with Crippen molar-refractivity contribution >= 4 is 39.5 Å². The molecule has 0 aliphatic rings. The first-order chi connectivity index (χ1) is 45.4. The van der Waals surface area contributed by atoms with Gasteiger partial charge in [-0.15, -0.1) is 0 Å². The Bertz CT molecular complexity index is 1820. The number of phosphoric acid groups is 2. The van der Waals surface area contributed by atoms with Crippen LogP contribution in [0.5, 0.6) is 0 Å². The predicted octanol–water partition coefficient (Wildman–Crippen LogP) is 21.9. The van der Waals surface area contributed by atoms with E-state index in [0.29, 0.717) is 25.7 Å². The highest BCUT2D eigenvalue weighted by atomic mass is 31.2. The van der Waals surface area contributed by atoms with Gasteiger partial charge < -0.3 is 33.8 Å². The lowest BCUT2D eigenvalue weighted by atomic mass is 9.99. The van der Waals surface area contributed by atoms with Crippen LogP contribution in [-0.4, -0.2) is 96.7 Å². The topological polar surface area (TPSA) is 237 Å². The summed E-state index contributed by atoms with van der Waals surface area (Å²) in [4.78, 5) is 72.7. The van der Waals surface area contributed by atoms with E-state index in [2.05, 4.69) is 41.5 Å². The Morgan fingerprint density at radius 2 is 0.543 bits per heavy atom. The molecule has 0 aromatic heterocycles. The van der Waals surface area contributed by atoms with Crippen molar-refractivity contribution in [1.29, 1.82) is 0 Å². The molecule has 0 bridgehead atoms. The highest BCUT2D eigenvalue weighted by Crippen LogP contribution is 2.45. The molecule has 0 radical (unpaired) electrons. The average molecular weight is 1380 g/mol. The molecule has 0 aromatic rings. The standard InChI is InChI=1S/C75H146O17P2/c1-7-10-12-14-16-18-20-21-22-23-24-25-26-27-29-33-41-47-53-59-74(79)91-70(63-86-73(78)58-52-46-40-34-30-31-37-43-49-55-67(4)5)65-89-93(81,82)87-61-69(76)62-88-94(83,84)90-66-71(64-85-72(77)57-51-45-39-32-28-19-17-15-13-11-8-2)92-75(80)60-54-48-42-36-35-38-44-50-56-68(6)9-3/h67-71,76H,7-66H2,1-6H3,(H,81,82)(H,83,84)/t68?,69-,70-,71-/m1/s1. The van der Waals surface area contributed by atoms with Crippen molar-refractivity contribution in [3.05, 3.63) is 0 Å². The largest absolute Gasteiger partial charge is 0.472 e. The van der Waals surface area contributed by atoms with E-state index in [9.17, 15) is 43.2 Å². The minimum Gasteiger partial charge on any atom is -0.462 e. The summed E-state index contributed by atoms with van der Waals surface area (Å²) in [5, 5.41) is 10.6. The highest BCUT2D eigenvalue weighted by molar-refractivity contribution is 7.47. The lowest BCUT2D eigenvalue weighted by Crippen LogP contribution is -2.30. The van der Waals surface area contributed by atoms with Crippen LogP contribution in [0.15, 0.2) is 0 Å². The fourth-order valence-corrected chi connectivity index (χ4v) is 13.0. The van der Waals surface area contributed by atoms with Gasteiger partial charge in [0.05, 0.1) is 26.4 Å². The van der Waals surface area contributed by atoms with Crippen LogP contribution >= 0.6 is 15.6 Å². The third-order valence-corrected chi connectivity index (χ3v) is 19.7. The number of aliphatic hydroxyl groups is 1. The van der Waals surface area contributed by atoms with Crippen LogP contribution in [0.4, 0.5) is 0 Å². The number of hydrogen-bond donors (Lipinski definition) is 3. The minimum atomic E-state index is -4.96. The van der Waals surface area contributed by atoms with E-state index in [-0.39, 0.29) is 25.7 Å². The number of aliphatic hydroxyl groups excluding tert-OH is 1. The SMILES string of the molecule is CCCCCCCCCCCCCCCCCCCCCC(=O)O[C@H](COC(=O)CCCCCCCCCCCC(C)C)COP(=O)(O)OC[C@@H](O)COP(=O)(O)OC[C@@H](COC(=O)CCCCCCCCCCCCC)OC(=O)CCCCCCCCCCC(C)CC. The number of ether oxygens (including phenoxy) is 4. The fraction of sp³-hybridized carbons (Fsp3) is 0.947. The summed E-state index contributed by atoms with van der Waals surface area (Å²) in [7, 11) is -9.91. The van der Waals surface area contributed by atoms with Gasteiger partial charge in [-0.05, 0) is 37.5 Å². The molecule has 0 aliphatic heterocycles. The van der Waals surface area contributed by atoms with Crippen LogP contribution in [0, 0.1) is 11.8 Å². The molecule has 17 nitrogen and oxygen atoms in total. The van der Waals surface area contributed by atoms with Crippen LogP contribution in [0.2, 0.25) is 0 Å². The van der Waals surface area contributed by atoms with Crippen molar-refractivity contribution in [3.63, 3.8) is 0 Å². The first-order valence-electron chi connectivity index (χ1n) is 39.0. The van der Waals surface area contributed by atoms with Crippen LogP contribution in [0.25, 0.3) is 0 Å². The molecule has 558 valence electrons. The maximum Gasteiger partial charge on any atom is 0.472 e. The number of rotatable bonds is 74. The molecule has 19 heteroatoms. The monoisotopic (exact) mass is 1380 g/mol. The summed E-state index contributed by atoms with van der Waals surface area (Å²) in [6, 6.07) is 0. The summed E-state index contributed by atoms with van der Waals surface area (Å²) in [6.45, 7) is 9.56. The number of unbranched alkanes of at least 4 members (excludes halogenated alkanes) is 43. The van der Waals surface area contributed by atoms with Gasteiger partial charge in [0.1, 0.15) is 19.3 Å². The summed E-state index contributed by atoms with van der Waals surface area (Å²) in [5.74, 6) is -0.605. The Morgan fingerprint density at radius 1 is 0.309 bits per heavy atom. The van der Waals surface area contributed by atoms with E-state index < -0.39 is 97.5 Å². The van der Waals surface area contributed by atoms with Gasteiger partial charge in [0.2, 0.25) is 0 Å². The Kier molecular flexibility index (Phi) is 65.5. The Morgan fingerprint density at radius 3 is 0.809 bits per heavy atom. The van der Waals surface area contributed by atoms with Gasteiger partial charge in [-0.3, -0.25) is 37.3 Å². The van der Waals surface area contributed by atoms with Gasteiger partial charge in [0.25, 0.3) is 0 Å². The maximum absolute atomic E-state index is 13.1. The number of hydrogen-bond acceptors (Lipinski definition) is 15. The Hall–Kier alpha value is -1.94. The molecule has 6 atom stereocenters. The van der Waals surface area contributed by atoms with Crippen LogP contribution in [0.3, 0.4) is 0 Å². The number of phosphoric ester groups is 2. The minimum absolute atomic E-state index is 0.105. The van der Waals surface area contributed by atoms with Gasteiger partial charge in [0, 0.05) is 25.7 Å². The van der Waals surface area contributed by atoms with Gasteiger partial charge in [-0.2, -0.15) is 0 Å². The first-order valence-corrected chi connectivity index (χ1v) is 42.0. The molecule has 0 heterocycles. The predicted molar refractivity (Wildman–Crippen MR) is 381 cm³/mol. The zero-order valence-corrected chi connectivity index (χ0v) is 63.1. The third-order valence-electron chi connectivity index (χ3n) is 17.8. The fourth-order valence-electron chi connectivity index (χ4n) is 11.4. The molecule has 0 spiro atoms. The zero-order chi connectivity index (χ0) is 69.3. The van der Waals surface area contributed by atoms with Gasteiger partial charge in [-0.25, -0.2) is 9.13 Å². The van der Waals surface area contributed by atoms with Crippen molar-refractivity contribution < 1.29 is 80.2 Å². The Labute approximate surface area is 575 Å². The van der Waals surface area contributed by atoms with E-state index in [1.807, 2.05) is 0 Å². The highest BCUT2D eigenvalue weighted by Gasteiger charge is 2.30. The second-order valence-corrected chi connectivity index (χ2v) is 30.7. The van der Waals surface area contributed by atoms with E-state index in [0.717, 1.165) is 102 Å². The summed E-state index contributed by atoms with van der Waals surface area (Å²) in [5.41, 5.74) is 0. The number of carbonyl (C=O) groups excluding carboxylic acids is 4. The first kappa shape index (κ1) is 92.1. The molecule has 0 amide bonds. The van der Waals surface area contributed by atoms with Crippen molar-refractivity contribution in [3.8, 4) is 0 Å². The lowest BCUT2D eigenvalue weighted by molar-refractivity contribution is -0.161. The van der Waals surface area contributed by atoms with Gasteiger partial charge in [-0.1, -0.05) is 337 Å².